The van der Waals surface area contributed by atoms with Gasteiger partial charge in [-0.1, -0.05) is 13.8 Å². The second-order valence-corrected chi connectivity index (χ2v) is 4.65. The van der Waals surface area contributed by atoms with Crippen LogP contribution in [0.3, 0.4) is 0 Å². The van der Waals surface area contributed by atoms with E-state index < -0.39 is 0 Å². The Morgan fingerprint density at radius 1 is 1.41 bits per heavy atom. The average molecular weight is 238 g/mol. The van der Waals surface area contributed by atoms with Crippen molar-refractivity contribution in [3.05, 3.63) is 24.2 Å². The molecule has 0 bridgehead atoms. The number of amides is 1. The molecule has 4 heteroatoms. The number of hydrogen-bond acceptors (Lipinski definition) is 3. The van der Waals surface area contributed by atoms with Gasteiger partial charge < -0.3 is 9.73 Å². The van der Waals surface area contributed by atoms with Crippen molar-refractivity contribution >= 4 is 5.91 Å². The summed E-state index contributed by atoms with van der Waals surface area (Å²) in [5.41, 5.74) is 0. The molecule has 0 saturated heterocycles. The highest BCUT2D eigenvalue weighted by Gasteiger charge is 2.09. The van der Waals surface area contributed by atoms with Gasteiger partial charge in [0.1, 0.15) is 5.76 Å². The summed E-state index contributed by atoms with van der Waals surface area (Å²) in [4.78, 5) is 11.5. The fourth-order valence-corrected chi connectivity index (χ4v) is 1.45. The molecular formula is C13H22N2O2. The number of hydrogen-bond donors (Lipinski definition) is 2. The molecule has 1 atom stereocenters. The largest absolute Gasteiger partial charge is 0.468 e. The van der Waals surface area contributed by atoms with E-state index in [-0.39, 0.29) is 11.9 Å². The highest BCUT2D eigenvalue weighted by molar-refractivity contribution is 5.77. The molecule has 1 amide bonds. The summed E-state index contributed by atoms with van der Waals surface area (Å²) in [5, 5.41) is 6.00. The van der Waals surface area contributed by atoms with Crippen LogP contribution in [0.15, 0.2) is 22.8 Å². The van der Waals surface area contributed by atoms with E-state index in [1.165, 1.54) is 0 Å². The number of nitrogens with one attached hydrogen (secondary N) is 2. The molecule has 1 heterocycles. The third kappa shape index (κ3) is 5.54. The summed E-state index contributed by atoms with van der Waals surface area (Å²) < 4.78 is 5.25. The lowest BCUT2D eigenvalue weighted by Gasteiger charge is -2.11. The van der Waals surface area contributed by atoms with Crippen molar-refractivity contribution < 1.29 is 9.21 Å². The average Bonchev–Trinajstić information content (AvgIpc) is 2.78. The molecule has 0 fully saturated rings. The first-order valence-electron chi connectivity index (χ1n) is 6.13. The van der Waals surface area contributed by atoms with E-state index in [4.69, 9.17) is 4.42 Å². The quantitative estimate of drug-likeness (QED) is 0.764. The van der Waals surface area contributed by atoms with Gasteiger partial charge in [-0.05, 0) is 31.4 Å². The van der Waals surface area contributed by atoms with Gasteiger partial charge in [0.25, 0.3) is 0 Å². The van der Waals surface area contributed by atoms with E-state index >= 15 is 0 Å². The molecule has 1 rings (SSSR count). The van der Waals surface area contributed by atoms with Crippen LogP contribution < -0.4 is 10.6 Å². The monoisotopic (exact) mass is 238 g/mol. The predicted molar refractivity (Wildman–Crippen MR) is 67.6 cm³/mol. The van der Waals surface area contributed by atoms with Gasteiger partial charge in [0.15, 0.2) is 0 Å². The molecule has 2 N–H and O–H groups in total. The lowest BCUT2D eigenvalue weighted by Crippen LogP contribution is -2.35. The summed E-state index contributed by atoms with van der Waals surface area (Å²) in [6, 6.07) is 3.80. The van der Waals surface area contributed by atoms with Gasteiger partial charge in [0, 0.05) is 6.54 Å². The second kappa shape index (κ2) is 7.12. The molecule has 4 nitrogen and oxygen atoms in total. The maximum atomic E-state index is 11.5. The molecule has 0 unspecified atom stereocenters. The van der Waals surface area contributed by atoms with Crippen LogP contribution in [0.5, 0.6) is 0 Å². The van der Waals surface area contributed by atoms with Gasteiger partial charge in [-0.3, -0.25) is 10.1 Å². The van der Waals surface area contributed by atoms with Crippen LogP contribution in [0, 0.1) is 5.92 Å². The Morgan fingerprint density at radius 3 is 2.76 bits per heavy atom. The highest BCUT2D eigenvalue weighted by atomic mass is 16.3. The third-order valence-electron chi connectivity index (χ3n) is 2.58. The normalized spacial score (nSPS) is 12.7. The number of rotatable bonds is 7. The first-order chi connectivity index (χ1) is 8.09. The van der Waals surface area contributed by atoms with Gasteiger partial charge in [0.2, 0.25) is 5.91 Å². The third-order valence-corrected chi connectivity index (χ3v) is 2.58. The standard InChI is InChI=1S/C13H22N2O2/c1-10(2)6-7-14-13(16)9-15-11(3)12-5-4-8-17-12/h4-5,8,10-11,15H,6-7,9H2,1-3H3,(H,14,16)/t11-/m0/s1. The van der Waals surface area contributed by atoms with Crippen LogP contribution in [0.25, 0.3) is 0 Å². The van der Waals surface area contributed by atoms with E-state index in [9.17, 15) is 4.79 Å². The zero-order valence-electron chi connectivity index (χ0n) is 10.8. The maximum absolute atomic E-state index is 11.5. The highest BCUT2D eigenvalue weighted by Crippen LogP contribution is 2.11. The molecule has 0 saturated carbocycles. The summed E-state index contributed by atoms with van der Waals surface area (Å²) in [6.07, 6.45) is 2.65. The topological polar surface area (TPSA) is 54.3 Å². The molecule has 0 radical (unpaired) electrons. The lowest BCUT2D eigenvalue weighted by molar-refractivity contribution is -0.120. The molecule has 1 aromatic heterocycles. The number of carbonyl (C=O) groups is 1. The fraction of sp³-hybridized carbons (Fsp3) is 0.615. The molecule has 1 aromatic rings. The SMILES string of the molecule is CC(C)CCNC(=O)CN[C@@H](C)c1ccco1. The predicted octanol–water partition coefficient (Wildman–Crippen LogP) is 2.09. The smallest absolute Gasteiger partial charge is 0.233 e. The van der Waals surface area contributed by atoms with Gasteiger partial charge in [-0.15, -0.1) is 0 Å². The number of furan rings is 1. The van der Waals surface area contributed by atoms with E-state index in [2.05, 4.69) is 24.5 Å². The Bertz CT molecular complexity index is 320. The van der Waals surface area contributed by atoms with Crippen molar-refractivity contribution in [1.82, 2.24) is 10.6 Å². The minimum absolute atomic E-state index is 0.0315. The minimum atomic E-state index is 0.0315. The van der Waals surface area contributed by atoms with Crippen molar-refractivity contribution in [2.75, 3.05) is 13.1 Å². The van der Waals surface area contributed by atoms with Crippen LogP contribution in [-0.2, 0) is 4.79 Å². The summed E-state index contributed by atoms with van der Waals surface area (Å²) in [6.45, 7) is 7.32. The molecule has 0 aromatic carbocycles. The molecule has 17 heavy (non-hydrogen) atoms. The van der Waals surface area contributed by atoms with E-state index in [0.29, 0.717) is 12.5 Å². The number of carbonyl (C=O) groups excluding carboxylic acids is 1. The zero-order chi connectivity index (χ0) is 12.7. The first-order valence-corrected chi connectivity index (χ1v) is 6.13. The van der Waals surface area contributed by atoms with Crippen molar-refractivity contribution in [3.8, 4) is 0 Å². The Kier molecular flexibility index (Phi) is 5.77. The van der Waals surface area contributed by atoms with Gasteiger partial charge in [0.05, 0.1) is 18.8 Å². The van der Waals surface area contributed by atoms with Crippen molar-refractivity contribution in [2.24, 2.45) is 5.92 Å². The summed E-state index contributed by atoms with van der Waals surface area (Å²) in [5.74, 6) is 1.49. The van der Waals surface area contributed by atoms with Gasteiger partial charge in [-0.2, -0.15) is 0 Å². The molecule has 0 aliphatic rings. The Morgan fingerprint density at radius 2 is 2.18 bits per heavy atom. The molecule has 96 valence electrons. The minimum Gasteiger partial charge on any atom is -0.468 e. The van der Waals surface area contributed by atoms with Crippen LogP contribution in [-0.4, -0.2) is 19.0 Å². The Balaban J connectivity index is 2.15. The fourth-order valence-electron chi connectivity index (χ4n) is 1.45. The Hall–Kier alpha value is -1.29. The summed E-state index contributed by atoms with van der Waals surface area (Å²) in [7, 11) is 0. The van der Waals surface area contributed by atoms with Crippen LogP contribution in [0.4, 0.5) is 0 Å². The molecule has 0 spiro atoms. The molecule has 0 aliphatic heterocycles. The molecule has 0 aliphatic carbocycles. The van der Waals surface area contributed by atoms with Crippen molar-refractivity contribution in [3.63, 3.8) is 0 Å². The van der Waals surface area contributed by atoms with Gasteiger partial charge >= 0.3 is 0 Å². The van der Waals surface area contributed by atoms with Crippen molar-refractivity contribution in [2.45, 2.75) is 33.2 Å². The van der Waals surface area contributed by atoms with Crippen LogP contribution in [0.1, 0.15) is 39.0 Å². The van der Waals surface area contributed by atoms with Crippen LogP contribution in [0.2, 0.25) is 0 Å². The van der Waals surface area contributed by atoms with E-state index in [1.54, 1.807) is 6.26 Å². The molecular weight excluding hydrogens is 216 g/mol. The Labute approximate surface area is 103 Å². The van der Waals surface area contributed by atoms with Crippen LogP contribution >= 0.6 is 0 Å². The first kappa shape index (κ1) is 13.8. The maximum Gasteiger partial charge on any atom is 0.233 e. The van der Waals surface area contributed by atoms with Crippen molar-refractivity contribution in [1.29, 1.82) is 0 Å². The van der Waals surface area contributed by atoms with E-state index in [0.717, 1.165) is 18.7 Å². The zero-order valence-corrected chi connectivity index (χ0v) is 10.8. The lowest BCUT2D eigenvalue weighted by atomic mass is 10.1. The van der Waals surface area contributed by atoms with E-state index in [1.807, 2.05) is 19.1 Å². The van der Waals surface area contributed by atoms with Gasteiger partial charge in [-0.25, -0.2) is 0 Å². The second-order valence-electron chi connectivity index (χ2n) is 4.65. The summed E-state index contributed by atoms with van der Waals surface area (Å²) >= 11 is 0.